The third-order valence-electron chi connectivity index (χ3n) is 3.78. The van der Waals surface area contributed by atoms with Crippen molar-refractivity contribution in [2.24, 2.45) is 0 Å². The fourth-order valence-corrected chi connectivity index (χ4v) is 5.45. The van der Waals surface area contributed by atoms with Crippen molar-refractivity contribution in [1.82, 2.24) is 0 Å². The summed E-state index contributed by atoms with van der Waals surface area (Å²) >= 11 is 0. The van der Waals surface area contributed by atoms with Crippen molar-refractivity contribution in [1.29, 1.82) is 0 Å². The van der Waals surface area contributed by atoms with E-state index in [9.17, 15) is 4.79 Å². The van der Waals surface area contributed by atoms with E-state index >= 15 is 0 Å². The van der Waals surface area contributed by atoms with Crippen LogP contribution in [0.15, 0.2) is 0 Å². The molecule has 2 saturated carbocycles. The molecule has 0 radical (unpaired) electrons. The van der Waals surface area contributed by atoms with Crippen molar-refractivity contribution in [3.05, 3.63) is 0 Å². The molecule has 2 heteroatoms. The molecule has 0 spiro atoms. The summed E-state index contributed by atoms with van der Waals surface area (Å²) in [4.78, 5) is 11.8. The number of Topliss-reactive ketones (excluding diaryl/α,β-unsaturated/α-hetero) is 1. The molecule has 2 aliphatic carbocycles. The Hall–Kier alpha value is 0.0200. The standard InChI is InChI=1S/C12H21OS/c1-14(10-6-2-3-7-10)12-9-5-4-8-11(12)13/h10,12H,2-9H2,1H3/q+1. The summed E-state index contributed by atoms with van der Waals surface area (Å²) in [5.74, 6) is 0.578. The topological polar surface area (TPSA) is 17.1 Å². The molecule has 2 unspecified atom stereocenters. The number of hydrogen-bond donors (Lipinski definition) is 0. The zero-order valence-electron chi connectivity index (χ0n) is 9.13. The summed E-state index contributed by atoms with van der Waals surface area (Å²) in [6.45, 7) is 0. The van der Waals surface area contributed by atoms with Crippen LogP contribution in [0.1, 0.15) is 51.4 Å². The molecule has 0 N–H and O–H groups in total. The number of ketones is 1. The molecule has 0 aromatic carbocycles. The highest BCUT2D eigenvalue weighted by Crippen LogP contribution is 2.31. The minimum atomic E-state index is 0.389. The van der Waals surface area contributed by atoms with Crippen molar-refractivity contribution < 1.29 is 4.79 Å². The molecule has 0 aliphatic heterocycles. The highest BCUT2D eigenvalue weighted by Gasteiger charge is 2.40. The quantitative estimate of drug-likeness (QED) is 0.645. The van der Waals surface area contributed by atoms with E-state index in [0.29, 0.717) is 21.9 Å². The third-order valence-corrected chi connectivity index (χ3v) is 6.69. The maximum absolute atomic E-state index is 11.8. The van der Waals surface area contributed by atoms with E-state index in [1.807, 2.05) is 0 Å². The van der Waals surface area contributed by atoms with Crippen molar-refractivity contribution >= 4 is 16.7 Å². The minimum absolute atomic E-state index is 0.389. The van der Waals surface area contributed by atoms with E-state index in [4.69, 9.17) is 0 Å². The van der Waals surface area contributed by atoms with Crippen LogP contribution >= 0.6 is 0 Å². The first-order chi connectivity index (χ1) is 6.79. The van der Waals surface area contributed by atoms with Gasteiger partial charge in [-0.1, -0.05) is 0 Å². The first-order valence-electron chi connectivity index (χ1n) is 5.95. The molecule has 2 rings (SSSR count). The zero-order chi connectivity index (χ0) is 9.97. The number of carbonyl (C=O) groups is 1. The third kappa shape index (κ3) is 2.16. The van der Waals surface area contributed by atoms with E-state index in [0.717, 1.165) is 18.1 Å². The van der Waals surface area contributed by atoms with Gasteiger partial charge >= 0.3 is 0 Å². The molecule has 0 bridgehead atoms. The SMILES string of the molecule is C[S+](C1CCCC1)C1CCCCC1=O. The molecule has 0 amide bonds. The largest absolute Gasteiger partial charge is 0.294 e. The number of rotatable bonds is 2. The molecule has 0 aromatic heterocycles. The Morgan fingerprint density at radius 2 is 1.71 bits per heavy atom. The van der Waals surface area contributed by atoms with E-state index in [1.165, 1.54) is 38.5 Å². The second-order valence-corrected chi connectivity index (χ2v) is 7.17. The molecule has 1 nitrogen and oxygen atoms in total. The fraction of sp³-hybridized carbons (Fsp3) is 0.917. The molecular weight excluding hydrogens is 192 g/mol. The molecular formula is C12H21OS+. The van der Waals surface area contributed by atoms with Gasteiger partial charge in [0, 0.05) is 12.8 Å². The highest BCUT2D eigenvalue weighted by atomic mass is 32.2. The van der Waals surface area contributed by atoms with Crippen LogP contribution in [0.4, 0.5) is 0 Å². The molecule has 0 heterocycles. The summed E-state index contributed by atoms with van der Waals surface area (Å²) in [5.41, 5.74) is 0. The van der Waals surface area contributed by atoms with Gasteiger partial charge in [-0.05, 0) is 49.4 Å². The van der Waals surface area contributed by atoms with Crippen LogP contribution in [0.3, 0.4) is 0 Å². The maximum Gasteiger partial charge on any atom is 0.184 e. The predicted octanol–water partition coefficient (Wildman–Crippen LogP) is 2.69. The second-order valence-electron chi connectivity index (χ2n) is 4.71. The van der Waals surface area contributed by atoms with Crippen molar-refractivity contribution in [3.63, 3.8) is 0 Å². The zero-order valence-corrected chi connectivity index (χ0v) is 9.94. The smallest absolute Gasteiger partial charge is 0.184 e. The van der Waals surface area contributed by atoms with Gasteiger partial charge in [-0.2, -0.15) is 0 Å². The minimum Gasteiger partial charge on any atom is -0.294 e. The summed E-state index contributed by atoms with van der Waals surface area (Å²) in [7, 11) is 0.389. The lowest BCUT2D eigenvalue weighted by atomic mass is 9.99. The predicted molar refractivity (Wildman–Crippen MR) is 62.8 cm³/mol. The second kappa shape index (κ2) is 4.69. The Kier molecular flexibility index (Phi) is 3.53. The monoisotopic (exact) mass is 213 g/mol. The van der Waals surface area contributed by atoms with Crippen molar-refractivity contribution in [2.45, 2.75) is 61.9 Å². The molecule has 14 heavy (non-hydrogen) atoms. The van der Waals surface area contributed by atoms with Gasteiger partial charge in [-0.15, -0.1) is 0 Å². The number of carbonyl (C=O) groups excluding carboxylic acids is 1. The summed E-state index contributed by atoms with van der Waals surface area (Å²) in [6, 6.07) is 0. The van der Waals surface area contributed by atoms with Crippen molar-refractivity contribution in [2.75, 3.05) is 6.26 Å². The van der Waals surface area contributed by atoms with Crippen LogP contribution in [-0.2, 0) is 15.7 Å². The summed E-state index contributed by atoms with van der Waals surface area (Å²) in [5, 5.41) is 1.34. The van der Waals surface area contributed by atoms with Gasteiger partial charge in [0.05, 0.1) is 6.26 Å². The lowest BCUT2D eigenvalue weighted by Crippen LogP contribution is -2.37. The van der Waals surface area contributed by atoms with E-state index in [2.05, 4.69) is 6.26 Å². The maximum atomic E-state index is 11.8. The van der Waals surface area contributed by atoms with Gasteiger partial charge in [0.1, 0.15) is 5.25 Å². The van der Waals surface area contributed by atoms with Crippen LogP contribution in [0, 0.1) is 0 Å². The van der Waals surface area contributed by atoms with Gasteiger partial charge in [-0.25, -0.2) is 0 Å². The van der Waals surface area contributed by atoms with Crippen LogP contribution in [0.5, 0.6) is 0 Å². The Bertz CT molecular complexity index is 208. The molecule has 0 saturated heterocycles. The molecule has 2 fully saturated rings. The molecule has 2 aliphatic rings. The summed E-state index contributed by atoms with van der Waals surface area (Å²) in [6.07, 6.45) is 12.4. The molecule has 80 valence electrons. The normalized spacial score (nSPS) is 32.1. The fourth-order valence-electron chi connectivity index (χ4n) is 2.84. The lowest BCUT2D eigenvalue weighted by Gasteiger charge is -2.22. The van der Waals surface area contributed by atoms with Gasteiger partial charge in [-0.3, -0.25) is 4.79 Å². The molecule has 0 aromatic rings. The van der Waals surface area contributed by atoms with Gasteiger partial charge in [0.25, 0.3) is 0 Å². The Morgan fingerprint density at radius 3 is 2.36 bits per heavy atom. The van der Waals surface area contributed by atoms with Crippen LogP contribution in [-0.4, -0.2) is 22.5 Å². The first kappa shape index (κ1) is 10.5. The van der Waals surface area contributed by atoms with Crippen LogP contribution < -0.4 is 0 Å². The van der Waals surface area contributed by atoms with E-state index in [1.54, 1.807) is 0 Å². The van der Waals surface area contributed by atoms with E-state index in [-0.39, 0.29) is 0 Å². The first-order valence-corrected chi connectivity index (χ1v) is 7.71. The average molecular weight is 213 g/mol. The van der Waals surface area contributed by atoms with Gasteiger partial charge in [0.2, 0.25) is 0 Å². The Labute approximate surface area is 90.0 Å². The van der Waals surface area contributed by atoms with Crippen LogP contribution in [0.25, 0.3) is 0 Å². The van der Waals surface area contributed by atoms with Crippen molar-refractivity contribution in [3.8, 4) is 0 Å². The number of hydrogen-bond acceptors (Lipinski definition) is 1. The Morgan fingerprint density at radius 1 is 1.07 bits per heavy atom. The Balaban J connectivity index is 1.94. The van der Waals surface area contributed by atoms with E-state index < -0.39 is 0 Å². The van der Waals surface area contributed by atoms with Gasteiger partial charge < -0.3 is 0 Å². The highest BCUT2D eigenvalue weighted by molar-refractivity contribution is 7.98. The summed E-state index contributed by atoms with van der Waals surface area (Å²) < 4.78 is 0. The lowest BCUT2D eigenvalue weighted by molar-refractivity contribution is -0.119. The van der Waals surface area contributed by atoms with Crippen LogP contribution in [0.2, 0.25) is 0 Å². The molecule has 2 atom stereocenters. The van der Waals surface area contributed by atoms with Gasteiger partial charge in [0.15, 0.2) is 11.0 Å². The average Bonchev–Trinajstić information content (AvgIpc) is 2.70.